The SMILES string of the molecule is CC(N)CN1C(=O)COC1=O. The van der Waals surface area contributed by atoms with Gasteiger partial charge in [0.05, 0.1) is 0 Å². The lowest BCUT2D eigenvalue weighted by Crippen LogP contribution is -2.38. The first-order chi connectivity index (χ1) is 5.11. The van der Waals surface area contributed by atoms with Gasteiger partial charge in [0.1, 0.15) is 0 Å². The number of hydrogen-bond donors (Lipinski definition) is 1. The molecule has 1 unspecified atom stereocenters. The number of carbonyl (C=O) groups excluding carboxylic acids is 2. The van der Waals surface area contributed by atoms with Gasteiger partial charge >= 0.3 is 6.09 Å². The van der Waals surface area contributed by atoms with Gasteiger partial charge in [-0.3, -0.25) is 4.79 Å². The molecule has 0 radical (unpaired) electrons. The van der Waals surface area contributed by atoms with Crippen molar-refractivity contribution in [3.8, 4) is 0 Å². The molecule has 1 saturated heterocycles. The van der Waals surface area contributed by atoms with Crippen molar-refractivity contribution < 1.29 is 14.3 Å². The molecule has 1 heterocycles. The van der Waals surface area contributed by atoms with E-state index in [9.17, 15) is 9.59 Å². The van der Waals surface area contributed by atoms with E-state index in [1.54, 1.807) is 6.92 Å². The van der Waals surface area contributed by atoms with Crippen molar-refractivity contribution in [1.82, 2.24) is 4.90 Å². The van der Waals surface area contributed by atoms with Crippen LogP contribution in [0.25, 0.3) is 0 Å². The Kier molecular flexibility index (Phi) is 2.09. The van der Waals surface area contributed by atoms with Crippen LogP contribution in [-0.2, 0) is 9.53 Å². The highest BCUT2D eigenvalue weighted by atomic mass is 16.6. The molecule has 0 spiro atoms. The van der Waals surface area contributed by atoms with Crippen molar-refractivity contribution >= 4 is 12.0 Å². The summed E-state index contributed by atoms with van der Waals surface area (Å²) in [5, 5.41) is 0. The predicted octanol–water partition coefficient (Wildman–Crippen LogP) is -0.688. The van der Waals surface area contributed by atoms with Crippen molar-refractivity contribution in [3.05, 3.63) is 0 Å². The van der Waals surface area contributed by atoms with Crippen LogP contribution in [-0.4, -0.2) is 36.1 Å². The second kappa shape index (κ2) is 2.87. The fraction of sp³-hybridized carbons (Fsp3) is 0.667. The lowest BCUT2D eigenvalue weighted by Gasteiger charge is -2.12. The van der Waals surface area contributed by atoms with Gasteiger partial charge in [-0.05, 0) is 6.92 Å². The van der Waals surface area contributed by atoms with E-state index in [0.717, 1.165) is 4.90 Å². The number of cyclic esters (lactones) is 1. The molecule has 0 saturated carbocycles. The molecule has 2 N–H and O–H groups in total. The topological polar surface area (TPSA) is 72.6 Å². The third-order valence-corrected chi connectivity index (χ3v) is 1.31. The molecule has 0 bridgehead atoms. The van der Waals surface area contributed by atoms with Gasteiger partial charge in [0.15, 0.2) is 6.61 Å². The van der Waals surface area contributed by atoms with Gasteiger partial charge in [0, 0.05) is 12.6 Å². The molecule has 1 aliphatic rings. The van der Waals surface area contributed by atoms with E-state index < -0.39 is 6.09 Å². The van der Waals surface area contributed by atoms with Gasteiger partial charge in [0.25, 0.3) is 5.91 Å². The first-order valence-electron chi connectivity index (χ1n) is 3.34. The minimum Gasteiger partial charge on any atom is -0.439 e. The lowest BCUT2D eigenvalue weighted by atomic mass is 10.3. The molecule has 1 atom stereocenters. The Labute approximate surface area is 64.1 Å². The highest BCUT2D eigenvalue weighted by molar-refractivity contribution is 5.97. The van der Waals surface area contributed by atoms with E-state index in [4.69, 9.17) is 5.73 Å². The zero-order valence-corrected chi connectivity index (χ0v) is 6.24. The quantitative estimate of drug-likeness (QED) is 0.577. The third-order valence-electron chi connectivity index (χ3n) is 1.31. The maximum atomic E-state index is 10.8. The Bertz CT molecular complexity index is 174. The summed E-state index contributed by atoms with van der Waals surface area (Å²) in [5.41, 5.74) is 5.40. The van der Waals surface area contributed by atoms with Gasteiger partial charge < -0.3 is 10.5 Å². The number of nitrogens with two attached hydrogens (primary N) is 1. The van der Waals surface area contributed by atoms with Gasteiger partial charge in [-0.1, -0.05) is 0 Å². The van der Waals surface area contributed by atoms with Crippen LogP contribution in [0, 0.1) is 0 Å². The molecule has 11 heavy (non-hydrogen) atoms. The number of rotatable bonds is 2. The number of hydrogen-bond acceptors (Lipinski definition) is 4. The summed E-state index contributed by atoms with van der Waals surface area (Å²) in [6.07, 6.45) is -0.590. The second-order valence-electron chi connectivity index (χ2n) is 2.54. The third kappa shape index (κ3) is 1.68. The minimum absolute atomic E-state index is 0.147. The maximum absolute atomic E-state index is 10.8. The fourth-order valence-corrected chi connectivity index (χ4v) is 0.845. The molecule has 1 aliphatic heterocycles. The summed E-state index contributed by atoms with van der Waals surface area (Å²) in [7, 11) is 0. The van der Waals surface area contributed by atoms with E-state index in [0.29, 0.717) is 0 Å². The fourth-order valence-electron chi connectivity index (χ4n) is 0.845. The summed E-state index contributed by atoms with van der Waals surface area (Å²) in [6.45, 7) is 1.81. The molecular formula is C6H10N2O3. The van der Waals surface area contributed by atoms with Crippen molar-refractivity contribution in [2.24, 2.45) is 5.73 Å². The predicted molar refractivity (Wildman–Crippen MR) is 36.7 cm³/mol. The van der Waals surface area contributed by atoms with Crippen molar-refractivity contribution in [3.63, 3.8) is 0 Å². The van der Waals surface area contributed by atoms with Crippen molar-refractivity contribution in [1.29, 1.82) is 0 Å². The summed E-state index contributed by atoms with van der Waals surface area (Å²) in [5.74, 6) is -0.313. The molecule has 0 aliphatic carbocycles. The smallest absolute Gasteiger partial charge is 0.417 e. The van der Waals surface area contributed by atoms with Gasteiger partial charge in [-0.2, -0.15) is 0 Å². The highest BCUT2D eigenvalue weighted by Gasteiger charge is 2.30. The normalized spacial score (nSPS) is 20.4. The van der Waals surface area contributed by atoms with Crippen LogP contribution >= 0.6 is 0 Å². The van der Waals surface area contributed by atoms with Crippen molar-refractivity contribution in [2.75, 3.05) is 13.2 Å². The van der Waals surface area contributed by atoms with E-state index >= 15 is 0 Å². The average Bonchev–Trinajstić information content (AvgIpc) is 2.18. The highest BCUT2D eigenvalue weighted by Crippen LogP contribution is 2.04. The number of amides is 2. The van der Waals surface area contributed by atoms with E-state index in [1.807, 2.05) is 0 Å². The Morgan fingerprint density at radius 2 is 2.36 bits per heavy atom. The molecule has 5 nitrogen and oxygen atoms in total. The Hall–Kier alpha value is -1.10. The standard InChI is InChI=1S/C6H10N2O3/c1-4(7)2-8-5(9)3-11-6(8)10/h4H,2-3,7H2,1H3. The largest absolute Gasteiger partial charge is 0.439 e. The molecule has 1 rings (SSSR count). The van der Waals surface area contributed by atoms with E-state index in [2.05, 4.69) is 4.74 Å². The first-order valence-corrected chi connectivity index (χ1v) is 3.34. The van der Waals surface area contributed by atoms with Crippen LogP contribution in [0.3, 0.4) is 0 Å². The molecule has 2 amide bonds. The van der Waals surface area contributed by atoms with Gasteiger partial charge in [-0.15, -0.1) is 0 Å². The molecule has 0 aromatic carbocycles. The zero-order valence-electron chi connectivity index (χ0n) is 6.24. The van der Waals surface area contributed by atoms with Crippen LogP contribution in [0.4, 0.5) is 4.79 Å². The van der Waals surface area contributed by atoms with Crippen LogP contribution in [0.2, 0.25) is 0 Å². The first kappa shape index (κ1) is 8.00. The molecule has 1 fully saturated rings. The summed E-state index contributed by atoms with van der Waals surface area (Å²) in [6, 6.07) is -0.204. The Morgan fingerprint density at radius 1 is 1.73 bits per heavy atom. The van der Waals surface area contributed by atoms with Crippen LogP contribution in [0.5, 0.6) is 0 Å². The van der Waals surface area contributed by atoms with Crippen molar-refractivity contribution in [2.45, 2.75) is 13.0 Å². The van der Waals surface area contributed by atoms with E-state index in [-0.39, 0.29) is 25.1 Å². The number of carbonyl (C=O) groups is 2. The van der Waals surface area contributed by atoms with Gasteiger partial charge in [0.2, 0.25) is 0 Å². The maximum Gasteiger partial charge on any atom is 0.417 e. The summed E-state index contributed by atoms with van der Waals surface area (Å²) in [4.78, 5) is 22.6. The van der Waals surface area contributed by atoms with Crippen LogP contribution < -0.4 is 5.73 Å². The van der Waals surface area contributed by atoms with E-state index in [1.165, 1.54) is 0 Å². The Morgan fingerprint density at radius 3 is 2.73 bits per heavy atom. The minimum atomic E-state index is -0.590. The van der Waals surface area contributed by atoms with Crippen LogP contribution in [0.1, 0.15) is 6.92 Å². The molecule has 0 aromatic heterocycles. The number of nitrogens with zero attached hydrogens (tertiary/aromatic N) is 1. The molecule has 5 heteroatoms. The Balaban J connectivity index is 2.55. The second-order valence-corrected chi connectivity index (χ2v) is 2.54. The zero-order chi connectivity index (χ0) is 8.43. The molecule has 62 valence electrons. The lowest BCUT2D eigenvalue weighted by molar-refractivity contribution is -0.126. The molecule has 0 aromatic rings. The number of imide groups is 1. The monoisotopic (exact) mass is 158 g/mol. The summed E-state index contributed by atoms with van der Waals surface area (Å²) >= 11 is 0. The number of ether oxygens (including phenoxy) is 1. The van der Waals surface area contributed by atoms with Gasteiger partial charge in [-0.25, -0.2) is 9.69 Å². The van der Waals surface area contributed by atoms with Crippen LogP contribution in [0.15, 0.2) is 0 Å². The summed E-state index contributed by atoms with van der Waals surface area (Å²) < 4.78 is 4.46. The average molecular weight is 158 g/mol. The molecular weight excluding hydrogens is 148 g/mol.